The average Bonchev–Trinajstić information content (AvgIpc) is 3.33. The van der Waals surface area contributed by atoms with E-state index in [0.717, 1.165) is 52.5 Å². The Morgan fingerprint density at radius 1 is 1.06 bits per heavy atom. The predicted octanol–water partition coefficient (Wildman–Crippen LogP) is 4.38. The summed E-state index contributed by atoms with van der Waals surface area (Å²) in [5, 5.41) is 0. The van der Waals surface area contributed by atoms with Crippen LogP contribution in [0.2, 0.25) is 0 Å². The molecule has 1 unspecified atom stereocenters. The molecule has 2 aromatic carbocycles. The van der Waals surface area contributed by atoms with Crippen LogP contribution in [-0.2, 0) is 22.2 Å². The van der Waals surface area contributed by atoms with E-state index in [2.05, 4.69) is 15.8 Å². The third kappa shape index (κ3) is 3.84. The number of aromatic nitrogens is 1. The summed E-state index contributed by atoms with van der Waals surface area (Å²) >= 11 is 0. The Kier molecular flexibility index (Phi) is 5.03. The van der Waals surface area contributed by atoms with Crippen molar-refractivity contribution in [1.29, 1.82) is 0 Å². The van der Waals surface area contributed by atoms with Gasteiger partial charge in [0.15, 0.2) is 11.0 Å². The molecule has 1 aliphatic carbocycles. The zero-order chi connectivity index (χ0) is 21.4. The number of pyridine rings is 1. The van der Waals surface area contributed by atoms with Crippen LogP contribution in [0.1, 0.15) is 34.9 Å². The maximum Gasteiger partial charge on any atom is 0.257 e. The molecule has 7 heteroatoms. The van der Waals surface area contributed by atoms with Crippen molar-refractivity contribution in [2.45, 2.75) is 25.9 Å². The van der Waals surface area contributed by atoms with Crippen molar-refractivity contribution >= 4 is 21.8 Å². The fourth-order valence-electron chi connectivity index (χ4n) is 3.90. The molecule has 0 bridgehead atoms. The second kappa shape index (κ2) is 8.00. The van der Waals surface area contributed by atoms with Crippen LogP contribution < -0.4 is 14.2 Å². The van der Waals surface area contributed by atoms with Gasteiger partial charge in [0.2, 0.25) is 0 Å². The van der Waals surface area contributed by atoms with Gasteiger partial charge in [-0.3, -0.25) is 14.5 Å². The third-order valence-electron chi connectivity index (χ3n) is 5.42. The Balaban J connectivity index is 1.34. The quantitative estimate of drug-likeness (QED) is 0.647. The van der Waals surface area contributed by atoms with Crippen molar-refractivity contribution in [3.05, 3.63) is 89.3 Å². The average molecular weight is 433 g/mol. The minimum Gasteiger partial charge on any atom is -0.486 e. The first-order valence-electron chi connectivity index (χ1n) is 10.0. The molecule has 1 aromatic heterocycles. The number of nitrogens with one attached hydrogen (secondary N) is 1. The second-order valence-electron chi connectivity index (χ2n) is 7.43. The molecule has 31 heavy (non-hydrogen) atoms. The number of carbonyl (C=O) groups excluding carboxylic acids is 1. The molecule has 2 heterocycles. The third-order valence-corrected chi connectivity index (χ3v) is 6.56. The van der Waals surface area contributed by atoms with Crippen LogP contribution in [0.4, 0.5) is 0 Å². The zero-order valence-corrected chi connectivity index (χ0v) is 17.6. The fourth-order valence-corrected chi connectivity index (χ4v) is 4.81. The van der Waals surface area contributed by atoms with Gasteiger partial charge >= 0.3 is 0 Å². The first-order chi connectivity index (χ1) is 15.1. The van der Waals surface area contributed by atoms with Gasteiger partial charge in [-0.2, -0.15) is 0 Å². The molecule has 0 saturated carbocycles. The minimum atomic E-state index is -1.50. The van der Waals surface area contributed by atoms with Crippen molar-refractivity contribution in [2.75, 3.05) is 0 Å². The smallest absolute Gasteiger partial charge is 0.257 e. The number of nitrogens with zero attached hydrogens (tertiary/aromatic N) is 1. The summed E-state index contributed by atoms with van der Waals surface area (Å²) < 4.78 is 26.7. The second-order valence-corrected chi connectivity index (χ2v) is 8.61. The van der Waals surface area contributed by atoms with Gasteiger partial charge in [-0.1, -0.05) is 24.3 Å². The summed E-state index contributed by atoms with van der Waals surface area (Å²) in [7, 11) is -1.50. The van der Waals surface area contributed by atoms with Gasteiger partial charge in [0.25, 0.3) is 5.91 Å². The Hall–Kier alpha value is -3.45. The number of hydrogen-bond donors (Lipinski definition) is 1. The highest BCUT2D eigenvalue weighted by atomic mass is 32.2. The van der Waals surface area contributed by atoms with Crippen molar-refractivity contribution in [2.24, 2.45) is 0 Å². The van der Waals surface area contributed by atoms with Crippen LogP contribution in [0, 0.1) is 6.92 Å². The van der Waals surface area contributed by atoms with Gasteiger partial charge in [0.1, 0.15) is 23.4 Å². The van der Waals surface area contributed by atoms with Gasteiger partial charge in [-0.15, -0.1) is 0 Å². The predicted molar refractivity (Wildman–Crippen MR) is 118 cm³/mol. The van der Waals surface area contributed by atoms with Gasteiger partial charge < -0.3 is 9.47 Å². The van der Waals surface area contributed by atoms with E-state index >= 15 is 0 Å². The Morgan fingerprint density at radius 3 is 2.61 bits per heavy atom. The Labute approximate surface area is 182 Å². The SMILES string of the molecule is Cc1ncccc1Oc1cccc2c1CC[C@H]2Oc1ccc(C2=CC(=O)NS2=O)cc1. The van der Waals surface area contributed by atoms with Gasteiger partial charge in [-0.25, -0.2) is 4.21 Å². The molecular formula is C24H20N2O4S. The topological polar surface area (TPSA) is 77.5 Å². The molecule has 5 rings (SSSR count). The van der Waals surface area contributed by atoms with Crippen molar-refractivity contribution in [3.63, 3.8) is 0 Å². The molecule has 2 atom stereocenters. The van der Waals surface area contributed by atoms with E-state index in [4.69, 9.17) is 9.47 Å². The number of rotatable bonds is 5. The van der Waals surface area contributed by atoms with E-state index < -0.39 is 11.0 Å². The zero-order valence-electron chi connectivity index (χ0n) is 16.8. The van der Waals surface area contributed by atoms with Gasteiger partial charge in [0, 0.05) is 17.8 Å². The summed E-state index contributed by atoms with van der Waals surface area (Å²) in [6.45, 7) is 1.93. The Bertz CT molecular complexity index is 1220. The van der Waals surface area contributed by atoms with E-state index in [1.54, 1.807) is 6.20 Å². The molecule has 2 aliphatic rings. The summed E-state index contributed by atoms with van der Waals surface area (Å²) in [6, 6.07) is 17.1. The number of amides is 1. The molecular weight excluding hydrogens is 412 g/mol. The van der Waals surface area contributed by atoms with Crippen LogP contribution in [0.3, 0.4) is 0 Å². The summed E-state index contributed by atoms with van der Waals surface area (Å²) in [4.78, 5) is 16.2. The number of benzene rings is 2. The van der Waals surface area contributed by atoms with Crippen LogP contribution in [0.15, 0.2) is 66.9 Å². The number of ether oxygens (including phenoxy) is 2. The van der Waals surface area contributed by atoms with E-state index in [-0.39, 0.29) is 12.0 Å². The molecule has 156 valence electrons. The summed E-state index contributed by atoms with van der Waals surface area (Å²) in [6.07, 6.45) is 4.78. The standard InChI is InChI=1S/C24H20N2O4S/c1-15-20(6-3-13-25-15)30-21-5-2-4-18-19(21)11-12-22(18)29-17-9-7-16(8-10-17)23-14-24(27)26-31(23)28/h2-10,13-14,22H,11-12H2,1H3,(H,26,27)/t22-,31?/m1/s1. The molecule has 1 aliphatic heterocycles. The fraction of sp³-hybridized carbons (Fsp3) is 0.167. The van der Waals surface area contributed by atoms with E-state index in [1.807, 2.05) is 55.5 Å². The number of aryl methyl sites for hydroxylation is 1. The van der Waals surface area contributed by atoms with Crippen LogP contribution in [0.25, 0.3) is 4.91 Å². The van der Waals surface area contributed by atoms with Crippen molar-refractivity contribution in [1.82, 2.24) is 9.71 Å². The molecule has 0 spiro atoms. The van der Waals surface area contributed by atoms with E-state index in [9.17, 15) is 9.00 Å². The first kappa shape index (κ1) is 19.5. The molecule has 1 amide bonds. The number of hydrogen-bond acceptors (Lipinski definition) is 5. The lowest BCUT2D eigenvalue weighted by atomic mass is 10.1. The minimum absolute atomic E-state index is 0.0672. The largest absolute Gasteiger partial charge is 0.486 e. The maximum absolute atomic E-state index is 11.9. The molecule has 1 N–H and O–H groups in total. The highest BCUT2D eigenvalue weighted by Gasteiger charge is 2.27. The summed E-state index contributed by atoms with van der Waals surface area (Å²) in [5.41, 5.74) is 3.86. The first-order valence-corrected chi connectivity index (χ1v) is 11.2. The van der Waals surface area contributed by atoms with Crippen LogP contribution in [0.5, 0.6) is 17.2 Å². The molecule has 0 fully saturated rings. The van der Waals surface area contributed by atoms with Crippen LogP contribution >= 0.6 is 0 Å². The molecule has 0 radical (unpaired) electrons. The molecule has 0 saturated heterocycles. The molecule has 3 aromatic rings. The van der Waals surface area contributed by atoms with Gasteiger partial charge in [-0.05, 0) is 61.2 Å². The summed E-state index contributed by atoms with van der Waals surface area (Å²) in [5.74, 6) is 1.97. The lowest BCUT2D eigenvalue weighted by Crippen LogP contribution is -2.16. The lowest BCUT2D eigenvalue weighted by Gasteiger charge is -2.16. The highest BCUT2D eigenvalue weighted by Crippen LogP contribution is 2.41. The van der Waals surface area contributed by atoms with E-state index in [0.29, 0.717) is 4.91 Å². The Morgan fingerprint density at radius 2 is 1.87 bits per heavy atom. The van der Waals surface area contributed by atoms with Crippen molar-refractivity contribution < 1.29 is 18.5 Å². The van der Waals surface area contributed by atoms with Crippen LogP contribution in [-0.4, -0.2) is 15.1 Å². The lowest BCUT2D eigenvalue weighted by molar-refractivity contribution is -0.114. The molecule has 6 nitrogen and oxygen atoms in total. The monoisotopic (exact) mass is 432 g/mol. The van der Waals surface area contributed by atoms with Crippen molar-refractivity contribution in [3.8, 4) is 17.2 Å². The number of fused-ring (bicyclic) bond motifs is 1. The van der Waals surface area contributed by atoms with E-state index in [1.165, 1.54) is 6.08 Å². The number of carbonyl (C=O) groups is 1. The van der Waals surface area contributed by atoms with Gasteiger partial charge in [0.05, 0.1) is 10.6 Å². The normalized spacial score (nSPS) is 19.5. The maximum atomic E-state index is 11.9. The highest BCUT2D eigenvalue weighted by molar-refractivity contribution is 7.93.